The maximum atomic E-state index is 14.2. The summed E-state index contributed by atoms with van der Waals surface area (Å²) in [5.41, 5.74) is 8.00. The summed E-state index contributed by atoms with van der Waals surface area (Å²) >= 11 is 0. The van der Waals surface area contributed by atoms with Gasteiger partial charge < -0.3 is 10.3 Å². The molecule has 0 saturated heterocycles. The van der Waals surface area contributed by atoms with Crippen LogP contribution >= 0.6 is 0 Å². The van der Waals surface area contributed by atoms with E-state index in [9.17, 15) is 8.78 Å². The molecule has 0 amide bonds. The van der Waals surface area contributed by atoms with Crippen LogP contribution in [-0.4, -0.2) is 41.7 Å². The van der Waals surface area contributed by atoms with E-state index in [-0.39, 0.29) is 12.8 Å². The normalized spacial score (nSPS) is 22.6. The Hall–Kier alpha value is -2.42. The minimum absolute atomic E-state index is 0.227. The first-order valence-electron chi connectivity index (χ1n) is 9.19. The molecule has 3 aromatic heterocycles. The highest BCUT2D eigenvalue weighted by Crippen LogP contribution is 2.41. The third kappa shape index (κ3) is 3.55. The molecule has 144 valence electrons. The Morgan fingerprint density at radius 3 is 2.81 bits per heavy atom. The van der Waals surface area contributed by atoms with Gasteiger partial charge in [0.1, 0.15) is 23.4 Å². The first-order valence-corrected chi connectivity index (χ1v) is 9.19. The van der Waals surface area contributed by atoms with E-state index in [1.807, 2.05) is 10.6 Å². The molecule has 2 atom stereocenters. The number of H-pyrrole nitrogens is 1. The second-order valence-electron chi connectivity index (χ2n) is 7.79. The second-order valence-corrected chi connectivity index (χ2v) is 7.79. The van der Waals surface area contributed by atoms with E-state index < -0.39 is 18.0 Å². The van der Waals surface area contributed by atoms with Crippen molar-refractivity contribution < 1.29 is 8.78 Å². The minimum Gasteiger partial charge on any atom is -0.327 e. The number of nitrogens with zero attached hydrogens (tertiary/aromatic N) is 5. The fraction of sp³-hybridized carbons (Fsp3) is 0.556. The fourth-order valence-electron chi connectivity index (χ4n) is 3.94. The number of hydrogen-bond donors (Lipinski definition) is 2. The fourth-order valence-corrected chi connectivity index (χ4v) is 3.94. The van der Waals surface area contributed by atoms with Crippen molar-refractivity contribution in [3.8, 4) is 11.5 Å². The first-order chi connectivity index (χ1) is 12.8. The van der Waals surface area contributed by atoms with Gasteiger partial charge in [0.25, 0.3) is 5.92 Å². The quantitative estimate of drug-likeness (QED) is 0.730. The van der Waals surface area contributed by atoms with Gasteiger partial charge in [-0.15, -0.1) is 0 Å². The van der Waals surface area contributed by atoms with Crippen molar-refractivity contribution >= 4 is 11.0 Å². The van der Waals surface area contributed by atoms with Crippen molar-refractivity contribution in [2.45, 2.75) is 57.5 Å². The summed E-state index contributed by atoms with van der Waals surface area (Å²) in [7, 11) is 0. The van der Waals surface area contributed by atoms with Gasteiger partial charge in [-0.25, -0.2) is 18.7 Å². The van der Waals surface area contributed by atoms with Crippen LogP contribution in [0, 0.1) is 5.92 Å². The predicted molar refractivity (Wildman–Crippen MR) is 97.3 cm³/mol. The van der Waals surface area contributed by atoms with Crippen LogP contribution in [-0.2, 0) is 6.42 Å². The Balaban J connectivity index is 1.85. The van der Waals surface area contributed by atoms with Gasteiger partial charge in [-0.1, -0.05) is 13.8 Å². The zero-order chi connectivity index (χ0) is 19.2. The van der Waals surface area contributed by atoms with Crippen LogP contribution in [0.25, 0.3) is 22.6 Å². The lowest BCUT2D eigenvalue weighted by Gasteiger charge is -2.34. The lowest BCUT2D eigenvalue weighted by atomic mass is 9.88. The molecular weight excluding hydrogens is 352 g/mol. The molecule has 3 N–H and O–H groups in total. The van der Waals surface area contributed by atoms with E-state index in [1.165, 1.54) is 6.33 Å². The highest BCUT2D eigenvalue weighted by atomic mass is 19.3. The molecule has 0 aliphatic heterocycles. The summed E-state index contributed by atoms with van der Waals surface area (Å²) in [4.78, 5) is 13.2. The van der Waals surface area contributed by atoms with Crippen LogP contribution in [0.4, 0.5) is 8.78 Å². The molecule has 1 aliphatic rings. The second kappa shape index (κ2) is 6.63. The molecule has 1 saturated carbocycles. The van der Waals surface area contributed by atoms with Crippen LogP contribution in [0.3, 0.4) is 0 Å². The number of aromatic nitrogens is 6. The average molecular weight is 375 g/mol. The lowest BCUT2D eigenvalue weighted by Crippen LogP contribution is -2.40. The molecule has 7 nitrogen and oxygen atoms in total. The summed E-state index contributed by atoms with van der Waals surface area (Å²) in [5, 5.41) is 6.72. The Morgan fingerprint density at radius 2 is 2.15 bits per heavy atom. The number of rotatable bonds is 4. The van der Waals surface area contributed by atoms with Gasteiger partial charge >= 0.3 is 0 Å². The summed E-state index contributed by atoms with van der Waals surface area (Å²) in [6.45, 7) is 4.17. The van der Waals surface area contributed by atoms with E-state index >= 15 is 0 Å². The van der Waals surface area contributed by atoms with Gasteiger partial charge in [-0.3, -0.25) is 10.1 Å². The Labute approximate surface area is 155 Å². The third-order valence-corrected chi connectivity index (χ3v) is 4.92. The summed E-state index contributed by atoms with van der Waals surface area (Å²) in [5.74, 6) is -1.17. The zero-order valence-corrected chi connectivity index (χ0v) is 15.4. The highest BCUT2D eigenvalue weighted by molar-refractivity contribution is 5.79. The Morgan fingerprint density at radius 1 is 1.33 bits per heavy atom. The third-order valence-electron chi connectivity index (χ3n) is 4.92. The predicted octanol–water partition coefficient (Wildman–Crippen LogP) is 3.10. The van der Waals surface area contributed by atoms with Crippen molar-refractivity contribution in [1.29, 1.82) is 0 Å². The summed E-state index contributed by atoms with van der Waals surface area (Å²) in [6.07, 6.45) is 3.84. The van der Waals surface area contributed by atoms with Gasteiger partial charge in [0.15, 0.2) is 5.82 Å². The SMILES string of the molecule is CC(C)Cc1nc2cnc(-c3nc[nH]n3)cc2n1C1CC(N)CC(F)(F)C1. The number of fused-ring (bicyclic) bond motifs is 1. The lowest BCUT2D eigenvalue weighted by molar-refractivity contribution is -0.0555. The Bertz CT molecular complexity index is 933. The van der Waals surface area contributed by atoms with Crippen molar-refractivity contribution in [2.24, 2.45) is 11.7 Å². The average Bonchev–Trinajstić information content (AvgIpc) is 3.18. The van der Waals surface area contributed by atoms with Gasteiger partial charge in [0.2, 0.25) is 0 Å². The first kappa shape index (κ1) is 18.0. The molecule has 0 radical (unpaired) electrons. The van der Waals surface area contributed by atoms with Crippen LogP contribution in [0.5, 0.6) is 0 Å². The van der Waals surface area contributed by atoms with Crippen LogP contribution in [0.15, 0.2) is 18.6 Å². The monoisotopic (exact) mass is 375 g/mol. The van der Waals surface area contributed by atoms with Gasteiger partial charge in [-0.05, 0) is 18.4 Å². The molecule has 1 fully saturated rings. The molecule has 3 heterocycles. The molecule has 0 spiro atoms. The van der Waals surface area contributed by atoms with Crippen molar-refractivity contribution in [3.63, 3.8) is 0 Å². The number of pyridine rings is 1. The molecule has 2 unspecified atom stereocenters. The van der Waals surface area contributed by atoms with Crippen molar-refractivity contribution in [2.75, 3.05) is 0 Å². The number of alkyl halides is 2. The van der Waals surface area contributed by atoms with Crippen molar-refractivity contribution in [3.05, 3.63) is 24.4 Å². The Kier molecular flexibility index (Phi) is 4.41. The molecular formula is C18H23F2N7. The zero-order valence-electron chi connectivity index (χ0n) is 15.4. The maximum Gasteiger partial charge on any atom is 0.251 e. The molecule has 27 heavy (non-hydrogen) atoms. The standard InChI is InChI=1S/C18H23F2N7/c1-10(2)3-16-25-14-8-22-13(17-23-9-24-26-17)5-15(14)27(16)12-4-11(21)6-18(19,20)7-12/h5,8-12H,3-4,6-7,21H2,1-2H3,(H,23,24,26). The molecule has 1 aliphatic carbocycles. The highest BCUT2D eigenvalue weighted by Gasteiger charge is 2.41. The smallest absolute Gasteiger partial charge is 0.251 e. The van der Waals surface area contributed by atoms with Gasteiger partial charge in [0, 0.05) is 31.3 Å². The number of nitrogens with two attached hydrogens (primary N) is 1. The molecule has 0 bridgehead atoms. The molecule has 9 heteroatoms. The topological polar surface area (TPSA) is 98.3 Å². The molecule has 4 rings (SSSR count). The number of imidazole rings is 1. The van der Waals surface area contributed by atoms with Gasteiger partial charge in [0.05, 0.1) is 11.7 Å². The van der Waals surface area contributed by atoms with E-state index in [0.717, 1.165) is 11.3 Å². The number of hydrogen-bond acceptors (Lipinski definition) is 5. The van der Waals surface area contributed by atoms with E-state index in [0.29, 0.717) is 35.8 Å². The van der Waals surface area contributed by atoms with E-state index in [1.54, 1.807) is 6.20 Å². The molecule has 0 aromatic carbocycles. The van der Waals surface area contributed by atoms with Crippen molar-refractivity contribution in [1.82, 2.24) is 29.7 Å². The number of nitrogens with one attached hydrogen (secondary N) is 1. The molecule has 3 aromatic rings. The summed E-state index contributed by atoms with van der Waals surface area (Å²) < 4.78 is 30.4. The van der Waals surface area contributed by atoms with Crippen LogP contribution in [0.2, 0.25) is 0 Å². The number of aromatic amines is 1. The van der Waals surface area contributed by atoms with E-state index in [4.69, 9.17) is 5.73 Å². The maximum absolute atomic E-state index is 14.2. The van der Waals surface area contributed by atoms with Crippen LogP contribution in [0.1, 0.15) is 45.0 Å². The van der Waals surface area contributed by atoms with E-state index in [2.05, 4.69) is 39.0 Å². The minimum atomic E-state index is -2.77. The van der Waals surface area contributed by atoms with Gasteiger partial charge in [-0.2, -0.15) is 5.10 Å². The largest absolute Gasteiger partial charge is 0.327 e. The summed E-state index contributed by atoms with van der Waals surface area (Å²) in [6, 6.07) is 0.899. The van der Waals surface area contributed by atoms with Crippen LogP contribution < -0.4 is 5.73 Å². The number of halogens is 2.